The van der Waals surface area contributed by atoms with Gasteiger partial charge in [-0.2, -0.15) is 13.2 Å². The Morgan fingerprint density at radius 1 is 1.25 bits per heavy atom. The van der Waals surface area contributed by atoms with Gasteiger partial charge in [0.05, 0.1) is 0 Å². The number of rotatable bonds is 4. The Bertz CT molecular complexity index is 344. The fraction of sp³-hybridized carbons (Fsp3) is 0.545. The van der Waals surface area contributed by atoms with Gasteiger partial charge in [0.25, 0.3) is 0 Å². The van der Waals surface area contributed by atoms with Gasteiger partial charge in [0.2, 0.25) is 0 Å². The van der Waals surface area contributed by atoms with E-state index in [0.717, 1.165) is 5.56 Å². The molecule has 1 aromatic rings. The van der Waals surface area contributed by atoms with E-state index in [9.17, 15) is 13.2 Å². The van der Waals surface area contributed by atoms with Crippen LogP contribution in [0.5, 0.6) is 0 Å². The van der Waals surface area contributed by atoms with Crippen LogP contribution in [0.2, 0.25) is 0 Å². The molecule has 0 bridgehead atoms. The van der Waals surface area contributed by atoms with E-state index in [-0.39, 0.29) is 12.8 Å². The van der Waals surface area contributed by atoms with E-state index in [0.29, 0.717) is 13.0 Å². The summed E-state index contributed by atoms with van der Waals surface area (Å²) in [5.41, 5.74) is -0.597. The second kappa shape index (κ2) is 4.05. The Morgan fingerprint density at radius 2 is 1.88 bits per heavy atom. The SMILES string of the molecule is FC(F)(F)C1(NCCc2ccncc2)CC1. The van der Waals surface area contributed by atoms with Gasteiger partial charge < -0.3 is 5.32 Å². The summed E-state index contributed by atoms with van der Waals surface area (Å²) in [6.45, 7) is 0.351. The zero-order chi connectivity index (χ0) is 11.6. The van der Waals surface area contributed by atoms with E-state index in [2.05, 4.69) is 10.3 Å². The van der Waals surface area contributed by atoms with E-state index in [1.54, 1.807) is 12.4 Å². The van der Waals surface area contributed by atoms with Gasteiger partial charge in [-0.3, -0.25) is 4.98 Å². The van der Waals surface area contributed by atoms with Gasteiger partial charge in [-0.05, 0) is 43.5 Å². The lowest BCUT2D eigenvalue weighted by Gasteiger charge is -2.20. The van der Waals surface area contributed by atoms with Gasteiger partial charge in [-0.1, -0.05) is 0 Å². The van der Waals surface area contributed by atoms with Crippen LogP contribution < -0.4 is 5.32 Å². The summed E-state index contributed by atoms with van der Waals surface area (Å²) >= 11 is 0. The number of nitrogens with zero attached hydrogens (tertiary/aromatic N) is 1. The van der Waals surface area contributed by atoms with Crippen molar-refractivity contribution in [1.82, 2.24) is 10.3 Å². The lowest BCUT2D eigenvalue weighted by Crippen LogP contribution is -2.45. The minimum Gasteiger partial charge on any atom is -0.303 e. The van der Waals surface area contributed by atoms with E-state index in [1.807, 2.05) is 12.1 Å². The molecule has 0 unspecified atom stereocenters. The lowest BCUT2D eigenvalue weighted by atomic mass is 10.2. The predicted octanol–water partition coefficient (Wildman–Crippen LogP) is 2.31. The van der Waals surface area contributed by atoms with Crippen molar-refractivity contribution in [3.63, 3.8) is 0 Å². The molecule has 0 spiro atoms. The molecule has 2 nitrogen and oxygen atoms in total. The van der Waals surface area contributed by atoms with Crippen LogP contribution in [0.3, 0.4) is 0 Å². The average Bonchev–Trinajstić information content (AvgIpc) is 3.00. The molecule has 0 amide bonds. The second-order valence-electron chi connectivity index (χ2n) is 4.11. The van der Waals surface area contributed by atoms with E-state index in [1.165, 1.54) is 0 Å². The summed E-state index contributed by atoms with van der Waals surface area (Å²) in [4.78, 5) is 3.85. The molecule has 5 heteroatoms. The fourth-order valence-corrected chi connectivity index (χ4v) is 1.68. The highest BCUT2D eigenvalue weighted by Gasteiger charge is 2.62. The van der Waals surface area contributed by atoms with E-state index < -0.39 is 11.7 Å². The zero-order valence-corrected chi connectivity index (χ0v) is 8.72. The van der Waals surface area contributed by atoms with Crippen LogP contribution in [0.1, 0.15) is 18.4 Å². The molecule has 1 N–H and O–H groups in total. The zero-order valence-electron chi connectivity index (χ0n) is 8.72. The molecule has 1 aliphatic carbocycles. The highest BCUT2D eigenvalue weighted by atomic mass is 19.4. The Hall–Kier alpha value is -1.10. The number of pyridine rings is 1. The van der Waals surface area contributed by atoms with E-state index in [4.69, 9.17) is 0 Å². The topological polar surface area (TPSA) is 24.9 Å². The van der Waals surface area contributed by atoms with Crippen LogP contribution in [0, 0.1) is 0 Å². The number of hydrogen-bond acceptors (Lipinski definition) is 2. The molecule has 2 rings (SSSR count). The Kier molecular flexibility index (Phi) is 2.88. The molecular formula is C11H13F3N2. The first-order valence-electron chi connectivity index (χ1n) is 5.24. The summed E-state index contributed by atoms with van der Waals surface area (Å²) in [6, 6.07) is 3.63. The van der Waals surface area contributed by atoms with Gasteiger partial charge in [-0.25, -0.2) is 0 Å². The smallest absolute Gasteiger partial charge is 0.303 e. The third-order valence-corrected chi connectivity index (χ3v) is 2.92. The molecule has 1 saturated carbocycles. The Balaban J connectivity index is 1.81. The predicted molar refractivity (Wildman–Crippen MR) is 54.0 cm³/mol. The maximum atomic E-state index is 12.5. The second-order valence-corrected chi connectivity index (χ2v) is 4.11. The first kappa shape index (κ1) is 11.4. The molecule has 16 heavy (non-hydrogen) atoms. The van der Waals surface area contributed by atoms with Gasteiger partial charge in [0.15, 0.2) is 0 Å². The number of alkyl halides is 3. The highest BCUT2D eigenvalue weighted by molar-refractivity contribution is 5.12. The van der Waals surface area contributed by atoms with Gasteiger partial charge in [0.1, 0.15) is 5.54 Å². The molecule has 0 aromatic carbocycles. The van der Waals surface area contributed by atoms with Crippen LogP contribution >= 0.6 is 0 Å². The van der Waals surface area contributed by atoms with Crippen LogP contribution in [-0.4, -0.2) is 23.2 Å². The van der Waals surface area contributed by atoms with Crippen LogP contribution in [0.15, 0.2) is 24.5 Å². The molecule has 88 valence electrons. The average molecular weight is 230 g/mol. The first-order valence-corrected chi connectivity index (χ1v) is 5.24. The molecule has 1 aromatic heterocycles. The van der Waals surface area contributed by atoms with Gasteiger partial charge in [-0.15, -0.1) is 0 Å². The van der Waals surface area contributed by atoms with Crippen LogP contribution in [-0.2, 0) is 6.42 Å². The van der Waals surface area contributed by atoms with Crippen LogP contribution in [0.4, 0.5) is 13.2 Å². The lowest BCUT2D eigenvalue weighted by molar-refractivity contribution is -0.165. The standard InChI is InChI=1S/C11H13F3N2/c12-11(13,14)10(4-5-10)16-8-3-9-1-6-15-7-2-9/h1-2,6-7,16H,3-5,8H2. The third-order valence-electron chi connectivity index (χ3n) is 2.92. The van der Waals surface area contributed by atoms with Crippen molar-refractivity contribution in [2.24, 2.45) is 0 Å². The molecule has 0 radical (unpaired) electrons. The van der Waals surface area contributed by atoms with Crippen molar-refractivity contribution in [3.05, 3.63) is 30.1 Å². The van der Waals surface area contributed by atoms with Gasteiger partial charge >= 0.3 is 6.18 Å². The monoisotopic (exact) mass is 230 g/mol. The molecule has 0 atom stereocenters. The summed E-state index contributed by atoms with van der Waals surface area (Å²) in [6.07, 6.45) is 0.170. The van der Waals surface area contributed by atoms with Crippen LogP contribution in [0.25, 0.3) is 0 Å². The Labute approximate surface area is 91.9 Å². The first-order chi connectivity index (χ1) is 7.54. The number of aromatic nitrogens is 1. The summed E-state index contributed by atoms with van der Waals surface area (Å²) in [7, 11) is 0. The summed E-state index contributed by atoms with van der Waals surface area (Å²) in [5.74, 6) is 0. The Morgan fingerprint density at radius 3 is 2.38 bits per heavy atom. The molecule has 1 fully saturated rings. The maximum absolute atomic E-state index is 12.5. The maximum Gasteiger partial charge on any atom is 0.406 e. The summed E-state index contributed by atoms with van der Waals surface area (Å²) < 4.78 is 37.6. The fourth-order valence-electron chi connectivity index (χ4n) is 1.68. The van der Waals surface area contributed by atoms with Crippen molar-refractivity contribution < 1.29 is 13.2 Å². The minimum absolute atomic E-state index is 0.201. The third kappa shape index (κ3) is 2.35. The molecule has 0 aliphatic heterocycles. The van der Waals surface area contributed by atoms with Crippen molar-refractivity contribution >= 4 is 0 Å². The molecular weight excluding hydrogens is 217 g/mol. The van der Waals surface area contributed by atoms with E-state index >= 15 is 0 Å². The molecule has 0 saturated heterocycles. The van der Waals surface area contributed by atoms with Crippen molar-refractivity contribution in [1.29, 1.82) is 0 Å². The van der Waals surface area contributed by atoms with Crippen molar-refractivity contribution in [3.8, 4) is 0 Å². The number of hydrogen-bond donors (Lipinski definition) is 1. The largest absolute Gasteiger partial charge is 0.406 e. The van der Waals surface area contributed by atoms with Gasteiger partial charge in [0, 0.05) is 12.4 Å². The number of halogens is 3. The molecule has 1 aliphatic rings. The summed E-state index contributed by atoms with van der Waals surface area (Å²) in [5, 5.41) is 2.61. The van der Waals surface area contributed by atoms with Crippen molar-refractivity contribution in [2.75, 3.05) is 6.54 Å². The highest BCUT2D eigenvalue weighted by Crippen LogP contribution is 2.48. The minimum atomic E-state index is -4.12. The normalized spacial score (nSPS) is 18.4. The molecule has 1 heterocycles. The number of nitrogens with one attached hydrogen (secondary N) is 1. The van der Waals surface area contributed by atoms with Crippen molar-refractivity contribution in [2.45, 2.75) is 31.0 Å². The quantitative estimate of drug-likeness (QED) is 0.858.